The Bertz CT molecular complexity index is 1180. The Morgan fingerprint density at radius 3 is 2.82 bits per heavy atom. The van der Waals surface area contributed by atoms with Gasteiger partial charge in [-0.2, -0.15) is 0 Å². The number of benzene rings is 1. The average Bonchev–Trinajstić information content (AvgIpc) is 3.31. The third-order valence-corrected chi connectivity index (χ3v) is 6.28. The van der Waals surface area contributed by atoms with Crippen LogP contribution < -0.4 is 19.5 Å². The van der Waals surface area contributed by atoms with E-state index < -0.39 is 11.5 Å². The number of amides is 1. The SMILES string of the molecule is COc1ccc2nccc(NC(=O)C3(O)CCN(CCc4ccc5c(c4)OCO5)CC3)c2n1. The van der Waals surface area contributed by atoms with E-state index in [4.69, 9.17) is 14.2 Å². The Morgan fingerprint density at radius 1 is 1.18 bits per heavy atom. The van der Waals surface area contributed by atoms with Crippen LogP contribution in [0.2, 0.25) is 0 Å². The minimum Gasteiger partial charge on any atom is -0.481 e. The lowest BCUT2D eigenvalue weighted by atomic mass is 9.90. The van der Waals surface area contributed by atoms with Crippen LogP contribution in [0.15, 0.2) is 42.6 Å². The van der Waals surface area contributed by atoms with Crippen molar-refractivity contribution in [2.45, 2.75) is 24.9 Å². The number of rotatable bonds is 6. The molecule has 2 aromatic heterocycles. The number of aromatic nitrogens is 2. The highest BCUT2D eigenvalue weighted by molar-refractivity contribution is 6.02. The van der Waals surface area contributed by atoms with E-state index in [1.54, 1.807) is 24.4 Å². The summed E-state index contributed by atoms with van der Waals surface area (Å²) in [5.74, 6) is 1.58. The van der Waals surface area contributed by atoms with E-state index in [2.05, 4.69) is 20.2 Å². The molecule has 0 radical (unpaired) electrons. The van der Waals surface area contributed by atoms with E-state index in [0.29, 0.717) is 48.5 Å². The molecule has 1 saturated heterocycles. The van der Waals surface area contributed by atoms with Crippen LogP contribution >= 0.6 is 0 Å². The zero-order valence-corrected chi connectivity index (χ0v) is 18.4. The zero-order valence-electron chi connectivity index (χ0n) is 18.4. The highest BCUT2D eigenvalue weighted by Crippen LogP contribution is 2.33. The Kier molecular flexibility index (Phi) is 5.74. The Balaban J connectivity index is 1.19. The lowest BCUT2D eigenvalue weighted by Gasteiger charge is -2.37. The molecule has 0 spiro atoms. The molecule has 0 saturated carbocycles. The molecule has 2 aliphatic rings. The van der Waals surface area contributed by atoms with Crippen molar-refractivity contribution in [2.24, 2.45) is 0 Å². The first-order valence-electron chi connectivity index (χ1n) is 11.0. The molecule has 0 aliphatic carbocycles. The summed E-state index contributed by atoms with van der Waals surface area (Å²) in [6.45, 7) is 2.38. The maximum Gasteiger partial charge on any atom is 0.256 e. The predicted molar refractivity (Wildman–Crippen MR) is 122 cm³/mol. The summed E-state index contributed by atoms with van der Waals surface area (Å²) in [7, 11) is 1.53. The molecule has 9 heteroatoms. The third kappa shape index (κ3) is 4.42. The largest absolute Gasteiger partial charge is 0.481 e. The van der Waals surface area contributed by atoms with Gasteiger partial charge in [-0.1, -0.05) is 6.07 Å². The first kappa shape index (κ1) is 21.4. The number of piperidine rings is 1. The van der Waals surface area contributed by atoms with Gasteiger partial charge in [0.1, 0.15) is 11.1 Å². The number of hydrogen-bond acceptors (Lipinski definition) is 8. The quantitative estimate of drug-likeness (QED) is 0.590. The summed E-state index contributed by atoms with van der Waals surface area (Å²) in [4.78, 5) is 23.9. The number of carbonyl (C=O) groups excluding carboxylic acids is 1. The van der Waals surface area contributed by atoms with Crippen LogP contribution in [-0.4, -0.2) is 65.0 Å². The molecule has 1 fully saturated rings. The first-order chi connectivity index (χ1) is 16.0. The van der Waals surface area contributed by atoms with Gasteiger partial charge in [-0.25, -0.2) is 4.98 Å². The molecule has 0 atom stereocenters. The molecule has 2 aliphatic heterocycles. The maximum absolute atomic E-state index is 13.0. The summed E-state index contributed by atoms with van der Waals surface area (Å²) in [5.41, 5.74) is 1.41. The molecule has 2 N–H and O–H groups in total. The molecule has 0 bridgehead atoms. The molecular weight excluding hydrogens is 424 g/mol. The van der Waals surface area contributed by atoms with Gasteiger partial charge in [0.25, 0.3) is 5.91 Å². The molecule has 172 valence electrons. The van der Waals surface area contributed by atoms with E-state index in [0.717, 1.165) is 24.5 Å². The topological polar surface area (TPSA) is 106 Å². The van der Waals surface area contributed by atoms with Crippen LogP contribution in [-0.2, 0) is 11.2 Å². The highest BCUT2D eigenvalue weighted by atomic mass is 16.7. The van der Waals surface area contributed by atoms with Gasteiger partial charge in [0, 0.05) is 31.9 Å². The minimum absolute atomic E-state index is 0.268. The summed E-state index contributed by atoms with van der Waals surface area (Å²) >= 11 is 0. The van der Waals surface area contributed by atoms with Gasteiger partial charge in [-0.15, -0.1) is 0 Å². The minimum atomic E-state index is -1.43. The number of anilines is 1. The smallest absolute Gasteiger partial charge is 0.256 e. The molecule has 3 aromatic rings. The van der Waals surface area contributed by atoms with Crippen LogP contribution in [0.1, 0.15) is 18.4 Å². The standard InChI is InChI=1S/C24H26N4O5/c1-31-21-5-3-17-22(27-21)18(6-10-25-17)26-23(29)24(30)8-12-28(13-9-24)11-7-16-2-4-19-20(14-16)33-15-32-19/h2-6,10,14,30H,7-9,11-13,15H2,1H3,(H,25,26,29). The normalized spacial score (nSPS) is 17.2. The van der Waals surface area contributed by atoms with Crippen molar-refractivity contribution in [3.8, 4) is 17.4 Å². The molecule has 1 aromatic carbocycles. The number of nitrogens with one attached hydrogen (secondary N) is 1. The fraction of sp³-hybridized carbons (Fsp3) is 0.375. The van der Waals surface area contributed by atoms with E-state index in [1.807, 2.05) is 18.2 Å². The molecule has 9 nitrogen and oxygen atoms in total. The van der Waals surface area contributed by atoms with Crippen LogP contribution in [0.25, 0.3) is 11.0 Å². The van der Waals surface area contributed by atoms with Gasteiger partial charge in [-0.05, 0) is 49.1 Å². The van der Waals surface area contributed by atoms with Gasteiger partial charge >= 0.3 is 0 Å². The zero-order chi connectivity index (χ0) is 22.8. The molecule has 5 rings (SSSR count). The molecule has 33 heavy (non-hydrogen) atoms. The Labute approximate surface area is 191 Å². The van der Waals surface area contributed by atoms with E-state index in [-0.39, 0.29) is 6.79 Å². The van der Waals surface area contributed by atoms with E-state index in [1.165, 1.54) is 12.7 Å². The second-order valence-electron chi connectivity index (χ2n) is 8.34. The first-order valence-corrected chi connectivity index (χ1v) is 11.0. The number of fused-ring (bicyclic) bond motifs is 2. The van der Waals surface area contributed by atoms with Crippen molar-refractivity contribution in [3.05, 3.63) is 48.2 Å². The van der Waals surface area contributed by atoms with Crippen LogP contribution in [0.3, 0.4) is 0 Å². The number of nitrogens with zero attached hydrogens (tertiary/aromatic N) is 3. The molecule has 1 amide bonds. The number of pyridine rings is 2. The van der Waals surface area contributed by atoms with Gasteiger partial charge in [0.15, 0.2) is 11.5 Å². The van der Waals surface area contributed by atoms with Crippen LogP contribution in [0, 0.1) is 0 Å². The number of methoxy groups -OCH3 is 1. The van der Waals surface area contributed by atoms with Crippen molar-refractivity contribution in [2.75, 3.05) is 38.9 Å². The summed E-state index contributed by atoms with van der Waals surface area (Å²) in [6, 6.07) is 11.2. The lowest BCUT2D eigenvalue weighted by molar-refractivity contribution is -0.138. The van der Waals surface area contributed by atoms with Crippen molar-refractivity contribution in [3.63, 3.8) is 0 Å². The molecular formula is C24H26N4O5. The summed E-state index contributed by atoms with van der Waals surface area (Å²) in [6.07, 6.45) is 3.19. The fourth-order valence-electron chi connectivity index (χ4n) is 4.22. The number of carbonyl (C=O) groups is 1. The highest BCUT2D eigenvalue weighted by Gasteiger charge is 2.39. The lowest BCUT2D eigenvalue weighted by Crippen LogP contribution is -2.51. The second kappa shape index (κ2) is 8.84. The number of hydrogen-bond donors (Lipinski definition) is 2. The van der Waals surface area contributed by atoms with Crippen molar-refractivity contribution in [1.82, 2.24) is 14.9 Å². The Hall–Kier alpha value is -3.43. The molecule has 4 heterocycles. The van der Waals surface area contributed by atoms with Crippen LogP contribution in [0.5, 0.6) is 17.4 Å². The number of aliphatic hydroxyl groups is 1. The van der Waals surface area contributed by atoms with E-state index >= 15 is 0 Å². The van der Waals surface area contributed by atoms with Gasteiger partial charge in [0.2, 0.25) is 12.7 Å². The van der Waals surface area contributed by atoms with E-state index in [9.17, 15) is 9.90 Å². The van der Waals surface area contributed by atoms with Gasteiger partial charge in [-0.3, -0.25) is 9.78 Å². The van der Waals surface area contributed by atoms with Gasteiger partial charge < -0.3 is 29.5 Å². The average molecular weight is 450 g/mol. The number of ether oxygens (including phenoxy) is 3. The van der Waals surface area contributed by atoms with Crippen LogP contribution in [0.4, 0.5) is 5.69 Å². The Morgan fingerprint density at radius 2 is 2.00 bits per heavy atom. The third-order valence-electron chi connectivity index (χ3n) is 6.28. The van der Waals surface area contributed by atoms with Crippen molar-refractivity contribution >= 4 is 22.6 Å². The number of likely N-dealkylation sites (tertiary alicyclic amines) is 1. The fourth-order valence-corrected chi connectivity index (χ4v) is 4.22. The predicted octanol–water partition coefficient (Wildman–Crippen LogP) is 2.38. The van der Waals surface area contributed by atoms with Crippen molar-refractivity contribution < 1.29 is 24.1 Å². The monoisotopic (exact) mass is 450 g/mol. The maximum atomic E-state index is 13.0. The summed E-state index contributed by atoms with van der Waals surface area (Å²) < 4.78 is 16.0. The van der Waals surface area contributed by atoms with Gasteiger partial charge in [0.05, 0.1) is 18.3 Å². The molecule has 0 unspecified atom stereocenters. The van der Waals surface area contributed by atoms with Crippen molar-refractivity contribution in [1.29, 1.82) is 0 Å². The second-order valence-corrected chi connectivity index (χ2v) is 8.34. The summed E-state index contributed by atoms with van der Waals surface area (Å²) in [5, 5.41) is 13.9.